The van der Waals surface area contributed by atoms with Crippen LogP contribution >= 0.6 is 0 Å². The number of hydrogen-bond acceptors (Lipinski definition) is 5. The highest BCUT2D eigenvalue weighted by Gasteiger charge is 2.51. The summed E-state index contributed by atoms with van der Waals surface area (Å²) >= 11 is 0. The minimum atomic E-state index is 0.102. The summed E-state index contributed by atoms with van der Waals surface area (Å²) in [4.78, 5) is 5.41. The zero-order chi connectivity index (χ0) is 15.4. The number of piperidine rings is 1. The first-order valence-electron chi connectivity index (χ1n) is 9.43. The van der Waals surface area contributed by atoms with Gasteiger partial charge in [0.2, 0.25) is 0 Å². The average Bonchev–Trinajstić information content (AvgIpc) is 3.03. The van der Waals surface area contributed by atoms with Crippen molar-refractivity contribution in [2.45, 2.75) is 51.7 Å². The molecule has 1 atom stereocenters. The molecule has 0 amide bonds. The maximum Gasteiger partial charge on any atom is 0.144 e. The molecule has 0 spiro atoms. The van der Waals surface area contributed by atoms with Gasteiger partial charge in [-0.1, -0.05) is 20.3 Å². The minimum Gasteiger partial charge on any atom is -0.379 e. The quantitative estimate of drug-likeness (QED) is 0.770. The highest BCUT2D eigenvalue weighted by molar-refractivity contribution is 4.95. The summed E-state index contributed by atoms with van der Waals surface area (Å²) in [5.74, 6) is 0.102. The van der Waals surface area contributed by atoms with Gasteiger partial charge in [-0.05, 0) is 38.8 Å². The Balaban J connectivity index is 1.88. The third-order valence-corrected chi connectivity index (χ3v) is 5.76. The van der Waals surface area contributed by atoms with Crippen molar-refractivity contribution in [2.24, 2.45) is 0 Å². The molecule has 0 N–H and O–H groups in total. The Kier molecular flexibility index (Phi) is 5.74. The molecule has 0 radical (unpaired) electrons. The van der Waals surface area contributed by atoms with Crippen LogP contribution in [0, 0.1) is 0 Å². The summed E-state index contributed by atoms with van der Waals surface area (Å²) in [6.45, 7) is 14.5. The van der Waals surface area contributed by atoms with Crippen LogP contribution in [0.1, 0.15) is 46.0 Å². The molecule has 22 heavy (non-hydrogen) atoms. The number of hydrogen-bond donors (Lipinski definition) is 0. The SMILES string of the molecule is CCN(CC)C1(N2CCOCC2)CCCN1N1CCCCC1. The Bertz CT molecular complexity index is 338. The smallest absolute Gasteiger partial charge is 0.144 e. The molecule has 0 aliphatic carbocycles. The molecule has 3 heterocycles. The highest BCUT2D eigenvalue weighted by atomic mass is 16.5. The standard InChI is InChI=1S/C17H34N4O/c1-3-18(4-2)17(19-13-15-22-16-14-19)9-8-12-21(17)20-10-6-5-7-11-20/h3-16H2,1-2H3. The molecule has 0 aromatic heterocycles. The molecule has 5 heteroatoms. The first-order valence-corrected chi connectivity index (χ1v) is 9.43. The molecular weight excluding hydrogens is 276 g/mol. The minimum absolute atomic E-state index is 0.102. The van der Waals surface area contributed by atoms with Gasteiger partial charge in [0.1, 0.15) is 5.79 Å². The fourth-order valence-corrected chi connectivity index (χ4v) is 4.75. The van der Waals surface area contributed by atoms with Crippen molar-refractivity contribution in [1.82, 2.24) is 19.8 Å². The molecule has 3 saturated heterocycles. The van der Waals surface area contributed by atoms with Gasteiger partial charge in [-0.25, -0.2) is 10.0 Å². The Morgan fingerprint density at radius 1 is 0.864 bits per heavy atom. The van der Waals surface area contributed by atoms with Crippen LogP contribution in [0.15, 0.2) is 0 Å². The maximum absolute atomic E-state index is 5.64. The van der Waals surface area contributed by atoms with Gasteiger partial charge in [0, 0.05) is 32.7 Å². The second kappa shape index (κ2) is 7.58. The van der Waals surface area contributed by atoms with Crippen LogP contribution in [0.3, 0.4) is 0 Å². The topological polar surface area (TPSA) is 22.2 Å². The van der Waals surface area contributed by atoms with Crippen LogP contribution in [0.5, 0.6) is 0 Å². The van der Waals surface area contributed by atoms with E-state index in [9.17, 15) is 0 Å². The molecule has 3 rings (SSSR count). The van der Waals surface area contributed by atoms with Gasteiger partial charge in [0.05, 0.1) is 13.2 Å². The first-order chi connectivity index (χ1) is 10.8. The Hall–Kier alpha value is -0.200. The maximum atomic E-state index is 5.64. The number of morpholine rings is 1. The lowest BCUT2D eigenvalue weighted by Gasteiger charge is -2.57. The Morgan fingerprint density at radius 3 is 2.18 bits per heavy atom. The third-order valence-electron chi connectivity index (χ3n) is 5.76. The van der Waals surface area contributed by atoms with E-state index in [1.165, 1.54) is 51.7 Å². The molecule has 0 bridgehead atoms. The van der Waals surface area contributed by atoms with Crippen LogP contribution in [0.4, 0.5) is 0 Å². The van der Waals surface area contributed by atoms with E-state index < -0.39 is 0 Å². The summed E-state index contributed by atoms with van der Waals surface area (Å²) in [6.07, 6.45) is 6.69. The van der Waals surface area contributed by atoms with E-state index >= 15 is 0 Å². The van der Waals surface area contributed by atoms with Gasteiger partial charge in [0.15, 0.2) is 0 Å². The normalized spacial score (nSPS) is 32.9. The second-order valence-corrected chi connectivity index (χ2v) is 6.79. The predicted molar refractivity (Wildman–Crippen MR) is 89.4 cm³/mol. The van der Waals surface area contributed by atoms with E-state index in [1.807, 2.05) is 0 Å². The number of hydrazine groups is 1. The Morgan fingerprint density at radius 2 is 1.55 bits per heavy atom. The van der Waals surface area contributed by atoms with E-state index in [2.05, 4.69) is 33.7 Å². The molecular formula is C17H34N4O. The Labute approximate surface area is 136 Å². The molecule has 0 aromatic carbocycles. The van der Waals surface area contributed by atoms with Crippen molar-refractivity contribution in [3.05, 3.63) is 0 Å². The van der Waals surface area contributed by atoms with Crippen molar-refractivity contribution in [1.29, 1.82) is 0 Å². The summed E-state index contributed by atoms with van der Waals surface area (Å²) in [5.41, 5.74) is 0. The van der Waals surface area contributed by atoms with Gasteiger partial charge in [0.25, 0.3) is 0 Å². The van der Waals surface area contributed by atoms with E-state index in [1.54, 1.807) is 0 Å². The van der Waals surface area contributed by atoms with Crippen LogP contribution in [-0.4, -0.2) is 84.6 Å². The van der Waals surface area contributed by atoms with Crippen LogP contribution in [0.25, 0.3) is 0 Å². The monoisotopic (exact) mass is 310 g/mol. The van der Waals surface area contributed by atoms with E-state index in [4.69, 9.17) is 4.74 Å². The predicted octanol–water partition coefficient (Wildman–Crippen LogP) is 1.81. The van der Waals surface area contributed by atoms with Gasteiger partial charge in [-0.3, -0.25) is 9.80 Å². The zero-order valence-corrected chi connectivity index (χ0v) is 14.6. The number of rotatable bonds is 5. The second-order valence-electron chi connectivity index (χ2n) is 6.79. The molecule has 3 fully saturated rings. The summed E-state index contributed by atoms with van der Waals surface area (Å²) < 4.78 is 5.64. The van der Waals surface area contributed by atoms with Crippen molar-refractivity contribution in [3.63, 3.8) is 0 Å². The average molecular weight is 310 g/mol. The zero-order valence-electron chi connectivity index (χ0n) is 14.6. The first kappa shape index (κ1) is 16.7. The van der Waals surface area contributed by atoms with Gasteiger partial charge >= 0.3 is 0 Å². The molecule has 3 aliphatic heterocycles. The molecule has 5 nitrogen and oxygen atoms in total. The summed E-state index contributed by atoms with van der Waals surface area (Å²) in [5, 5.41) is 5.41. The molecule has 128 valence electrons. The molecule has 0 saturated carbocycles. The lowest BCUT2D eigenvalue weighted by Crippen LogP contribution is -2.72. The van der Waals surface area contributed by atoms with E-state index in [0.29, 0.717) is 0 Å². The molecule has 1 unspecified atom stereocenters. The molecule has 3 aliphatic rings. The lowest BCUT2D eigenvalue weighted by molar-refractivity contribution is -0.241. The number of nitrogens with zero attached hydrogens (tertiary/aromatic N) is 4. The third kappa shape index (κ3) is 2.94. The number of ether oxygens (including phenoxy) is 1. The van der Waals surface area contributed by atoms with Crippen molar-refractivity contribution >= 4 is 0 Å². The van der Waals surface area contributed by atoms with Crippen LogP contribution < -0.4 is 0 Å². The summed E-state index contributed by atoms with van der Waals surface area (Å²) in [6, 6.07) is 0. The largest absolute Gasteiger partial charge is 0.379 e. The van der Waals surface area contributed by atoms with Crippen LogP contribution in [-0.2, 0) is 4.74 Å². The van der Waals surface area contributed by atoms with E-state index in [-0.39, 0.29) is 5.79 Å². The van der Waals surface area contributed by atoms with Gasteiger partial charge in [-0.2, -0.15) is 0 Å². The van der Waals surface area contributed by atoms with Gasteiger partial charge < -0.3 is 4.74 Å². The van der Waals surface area contributed by atoms with Crippen molar-refractivity contribution in [3.8, 4) is 0 Å². The van der Waals surface area contributed by atoms with Crippen molar-refractivity contribution in [2.75, 3.05) is 59.0 Å². The van der Waals surface area contributed by atoms with Gasteiger partial charge in [-0.15, -0.1) is 0 Å². The summed E-state index contributed by atoms with van der Waals surface area (Å²) in [7, 11) is 0. The lowest BCUT2D eigenvalue weighted by atomic mass is 10.1. The fraction of sp³-hybridized carbons (Fsp3) is 1.00. The van der Waals surface area contributed by atoms with E-state index in [0.717, 1.165) is 39.4 Å². The van der Waals surface area contributed by atoms with Crippen LogP contribution in [0.2, 0.25) is 0 Å². The fourth-order valence-electron chi connectivity index (χ4n) is 4.75. The highest BCUT2D eigenvalue weighted by Crippen LogP contribution is 2.38. The molecule has 0 aromatic rings. The van der Waals surface area contributed by atoms with Crippen molar-refractivity contribution < 1.29 is 4.74 Å².